The van der Waals surface area contributed by atoms with Gasteiger partial charge in [-0.2, -0.15) is 8.42 Å². The van der Waals surface area contributed by atoms with Gasteiger partial charge in [0.15, 0.2) is 0 Å². The molecule has 0 heterocycles. The summed E-state index contributed by atoms with van der Waals surface area (Å²) in [6.07, 6.45) is 1.42. The maximum atomic E-state index is 10.4. The van der Waals surface area contributed by atoms with E-state index in [2.05, 4.69) is 4.18 Å². The monoisotopic (exact) mass is 202 g/mol. The van der Waals surface area contributed by atoms with E-state index < -0.39 is 19.3 Å². The van der Waals surface area contributed by atoms with Crippen molar-refractivity contribution in [1.82, 2.24) is 0 Å². The largest absolute Gasteiger partial charge is 0.373 e. The van der Waals surface area contributed by atoms with E-state index >= 15 is 0 Å². The van der Waals surface area contributed by atoms with Crippen molar-refractivity contribution in [2.24, 2.45) is 0 Å². The van der Waals surface area contributed by atoms with Crippen LogP contribution in [0.5, 0.6) is 0 Å². The van der Waals surface area contributed by atoms with Crippen LogP contribution in [0.4, 0.5) is 0 Å². The van der Waals surface area contributed by atoms with Gasteiger partial charge in [0, 0.05) is 0 Å². The number of hydrogen-bond donors (Lipinski definition) is 1. The predicted octanol–water partition coefficient (Wildman–Crippen LogP) is 0.270. The molecule has 11 heavy (non-hydrogen) atoms. The van der Waals surface area contributed by atoms with E-state index in [4.69, 9.17) is 4.55 Å². The summed E-state index contributed by atoms with van der Waals surface area (Å²) < 4.78 is 42.9. The lowest BCUT2D eigenvalue weighted by Crippen LogP contribution is -2.10. The minimum absolute atomic E-state index is 0.0723. The fourth-order valence-electron chi connectivity index (χ4n) is 0.332. The standard InChI is InChI=1S/C4H10O5S2/c1-2-3-4-9-10(5)11(6,7)8/h2-4H2,1H3,(H,6,7,8). The Morgan fingerprint density at radius 1 is 1.55 bits per heavy atom. The van der Waals surface area contributed by atoms with Crippen LogP contribution in [0.15, 0.2) is 0 Å². The predicted molar refractivity (Wildman–Crippen MR) is 40.6 cm³/mol. The first kappa shape index (κ1) is 11.0. The SMILES string of the molecule is CCCCOS(=O)S(=O)(=O)O. The van der Waals surface area contributed by atoms with Gasteiger partial charge in [0.25, 0.3) is 0 Å². The summed E-state index contributed by atoms with van der Waals surface area (Å²) in [5.41, 5.74) is 0. The Kier molecular flexibility index (Phi) is 4.82. The van der Waals surface area contributed by atoms with Crippen molar-refractivity contribution in [3.05, 3.63) is 0 Å². The van der Waals surface area contributed by atoms with Crippen LogP contribution in [-0.2, 0) is 23.4 Å². The molecule has 7 heteroatoms. The van der Waals surface area contributed by atoms with E-state index in [0.29, 0.717) is 6.42 Å². The summed E-state index contributed by atoms with van der Waals surface area (Å²) in [5, 5.41) is 0. The Morgan fingerprint density at radius 3 is 2.45 bits per heavy atom. The van der Waals surface area contributed by atoms with Gasteiger partial charge in [-0.15, -0.1) is 0 Å². The van der Waals surface area contributed by atoms with Crippen LogP contribution in [0.2, 0.25) is 0 Å². The van der Waals surface area contributed by atoms with Gasteiger partial charge < -0.3 is 0 Å². The van der Waals surface area contributed by atoms with Crippen molar-refractivity contribution in [3.8, 4) is 0 Å². The molecule has 1 unspecified atom stereocenters. The first-order chi connectivity index (χ1) is 4.98. The average molecular weight is 202 g/mol. The third-order valence-electron chi connectivity index (χ3n) is 0.849. The highest BCUT2D eigenvalue weighted by molar-refractivity contribution is 8.59. The van der Waals surface area contributed by atoms with Crippen molar-refractivity contribution < 1.29 is 21.4 Å². The molecule has 0 amide bonds. The zero-order valence-electron chi connectivity index (χ0n) is 6.02. The van der Waals surface area contributed by atoms with Crippen LogP contribution >= 0.6 is 0 Å². The average Bonchev–Trinajstić information content (AvgIpc) is 1.86. The van der Waals surface area contributed by atoms with E-state index in [-0.39, 0.29) is 6.61 Å². The number of unbranched alkanes of at least 4 members (excludes halogenated alkanes) is 1. The second-order valence-electron chi connectivity index (χ2n) is 1.81. The molecule has 0 saturated carbocycles. The molecule has 0 aliphatic rings. The van der Waals surface area contributed by atoms with Crippen LogP contribution in [-0.4, -0.2) is 23.8 Å². The molecular formula is C4H10O5S2. The quantitative estimate of drug-likeness (QED) is 0.393. The highest BCUT2D eigenvalue weighted by Crippen LogP contribution is 1.97. The van der Waals surface area contributed by atoms with Crippen LogP contribution in [0.3, 0.4) is 0 Å². The molecule has 1 N–H and O–H groups in total. The Balaban J connectivity index is 3.72. The van der Waals surface area contributed by atoms with Gasteiger partial charge in [0.1, 0.15) is 0 Å². The van der Waals surface area contributed by atoms with E-state index in [9.17, 15) is 12.6 Å². The third kappa shape index (κ3) is 5.31. The topological polar surface area (TPSA) is 80.7 Å². The molecule has 0 radical (unpaired) electrons. The molecule has 0 aromatic rings. The third-order valence-corrected chi connectivity index (χ3v) is 2.87. The van der Waals surface area contributed by atoms with Gasteiger partial charge in [0.05, 0.1) is 6.61 Å². The minimum Gasteiger partial charge on any atom is -0.277 e. The first-order valence-electron chi connectivity index (χ1n) is 3.01. The lowest BCUT2D eigenvalue weighted by Gasteiger charge is -1.97. The van der Waals surface area contributed by atoms with Gasteiger partial charge in [-0.25, -0.2) is 4.21 Å². The fraction of sp³-hybridized carbons (Fsp3) is 1.00. The zero-order valence-corrected chi connectivity index (χ0v) is 7.65. The summed E-state index contributed by atoms with van der Waals surface area (Å²) in [4.78, 5) is 0. The molecule has 5 nitrogen and oxygen atoms in total. The lowest BCUT2D eigenvalue weighted by atomic mass is 10.4. The fourth-order valence-corrected chi connectivity index (χ4v) is 1.28. The van der Waals surface area contributed by atoms with Crippen molar-refractivity contribution >= 4 is 19.3 Å². The van der Waals surface area contributed by atoms with Crippen LogP contribution in [0.25, 0.3) is 0 Å². The molecule has 0 aliphatic heterocycles. The molecule has 0 fully saturated rings. The maximum Gasteiger partial charge on any atom is 0.373 e. The van der Waals surface area contributed by atoms with Crippen molar-refractivity contribution in [2.75, 3.05) is 6.61 Å². The zero-order chi connectivity index (χ0) is 8.91. The Bertz CT molecular complexity index is 219. The van der Waals surface area contributed by atoms with Gasteiger partial charge in [-0.3, -0.25) is 8.74 Å². The van der Waals surface area contributed by atoms with Gasteiger partial charge in [-0.1, -0.05) is 13.3 Å². The van der Waals surface area contributed by atoms with E-state index in [1.807, 2.05) is 6.92 Å². The lowest BCUT2D eigenvalue weighted by molar-refractivity contribution is 0.341. The second kappa shape index (κ2) is 4.81. The summed E-state index contributed by atoms with van der Waals surface area (Å²) in [7, 11) is -7.14. The van der Waals surface area contributed by atoms with Crippen LogP contribution in [0.1, 0.15) is 19.8 Å². The molecule has 0 aromatic heterocycles. The Morgan fingerprint density at radius 2 is 2.09 bits per heavy atom. The minimum atomic E-state index is -4.53. The summed E-state index contributed by atoms with van der Waals surface area (Å²) >= 11 is 0. The molecule has 0 saturated heterocycles. The molecular weight excluding hydrogens is 192 g/mol. The Hall–Kier alpha value is 0.0200. The molecule has 68 valence electrons. The van der Waals surface area contributed by atoms with Crippen molar-refractivity contribution in [2.45, 2.75) is 19.8 Å². The number of hydrogen-bond acceptors (Lipinski definition) is 4. The smallest absolute Gasteiger partial charge is 0.277 e. The maximum absolute atomic E-state index is 10.4. The highest BCUT2D eigenvalue weighted by atomic mass is 33.2. The van der Waals surface area contributed by atoms with E-state index in [0.717, 1.165) is 6.42 Å². The van der Waals surface area contributed by atoms with E-state index in [1.165, 1.54) is 0 Å². The van der Waals surface area contributed by atoms with E-state index in [1.54, 1.807) is 0 Å². The first-order valence-corrected chi connectivity index (χ1v) is 6.04. The molecule has 0 spiro atoms. The highest BCUT2D eigenvalue weighted by Gasteiger charge is 2.16. The molecule has 0 aromatic carbocycles. The van der Waals surface area contributed by atoms with Gasteiger partial charge in [-0.05, 0) is 6.42 Å². The number of rotatable bonds is 5. The van der Waals surface area contributed by atoms with Crippen molar-refractivity contribution in [3.63, 3.8) is 0 Å². The molecule has 0 rings (SSSR count). The van der Waals surface area contributed by atoms with Gasteiger partial charge in [0.2, 0.25) is 0 Å². The van der Waals surface area contributed by atoms with Crippen LogP contribution < -0.4 is 0 Å². The molecule has 0 bridgehead atoms. The second-order valence-corrected chi connectivity index (χ2v) is 5.39. The summed E-state index contributed by atoms with van der Waals surface area (Å²) in [6, 6.07) is 0. The molecule has 1 atom stereocenters. The van der Waals surface area contributed by atoms with Crippen molar-refractivity contribution in [1.29, 1.82) is 0 Å². The van der Waals surface area contributed by atoms with Crippen LogP contribution in [0, 0.1) is 0 Å². The van der Waals surface area contributed by atoms with Gasteiger partial charge >= 0.3 is 19.3 Å². The summed E-state index contributed by atoms with van der Waals surface area (Å²) in [5.74, 6) is 0. The normalized spacial score (nSPS) is 14.7. The Labute approximate surface area is 67.6 Å². The molecule has 0 aliphatic carbocycles. The summed E-state index contributed by atoms with van der Waals surface area (Å²) in [6.45, 7) is 1.95.